The Kier molecular flexibility index (Phi) is 3.01. The molecular weight excluding hydrogens is 294 g/mol. The number of benzene rings is 1. The van der Waals surface area contributed by atoms with Crippen LogP contribution >= 0.6 is 11.3 Å². The van der Waals surface area contributed by atoms with E-state index >= 15 is 0 Å². The van der Waals surface area contributed by atoms with Crippen LogP contribution in [0.4, 0.5) is 0 Å². The molecule has 2 aromatic heterocycles. The van der Waals surface area contributed by atoms with Crippen LogP contribution in [-0.4, -0.2) is 16.7 Å². The Labute approximate surface area is 131 Å². The molecule has 0 fully saturated rings. The van der Waals surface area contributed by atoms with Gasteiger partial charge in [-0.1, -0.05) is 18.2 Å². The molecule has 4 rings (SSSR count). The lowest BCUT2D eigenvalue weighted by Gasteiger charge is -2.04. The number of nitrogens with one attached hydrogen (secondary N) is 1. The first-order valence-electron chi connectivity index (χ1n) is 7.02. The van der Waals surface area contributed by atoms with Crippen LogP contribution in [0.1, 0.15) is 26.5 Å². The Morgan fingerprint density at radius 1 is 1.18 bits per heavy atom. The molecule has 1 aliphatic rings. The molecule has 0 saturated heterocycles. The van der Waals surface area contributed by atoms with Crippen molar-refractivity contribution in [3.05, 3.63) is 64.2 Å². The largest absolute Gasteiger partial charge is 0.306 e. The first-order chi connectivity index (χ1) is 10.7. The number of fused-ring (bicyclic) bond motifs is 3. The fourth-order valence-corrected chi connectivity index (χ4v) is 3.76. The molecule has 5 heteroatoms. The highest BCUT2D eigenvalue weighted by molar-refractivity contribution is 7.20. The molecule has 0 atom stereocenters. The Morgan fingerprint density at radius 2 is 2.00 bits per heavy atom. The number of amidine groups is 1. The molecule has 1 amide bonds. The predicted octanol–water partition coefficient (Wildman–Crippen LogP) is 3.29. The van der Waals surface area contributed by atoms with Gasteiger partial charge in [0, 0.05) is 22.2 Å². The summed E-state index contributed by atoms with van der Waals surface area (Å²) in [4.78, 5) is 23.3. The Balaban J connectivity index is 1.67. The standard InChI is InChI=1S/C17H13N3OS/c1-10-7-8-12-13-9-18-15(14(13)22-17(12)19-10)20-16(21)11-5-3-2-4-6-11/h2-8H,9H2,1H3,(H,18,20,21). The summed E-state index contributed by atoms with van der Waals surface area (Å²) in [6.07, 6.45) is 0. The SMILES string of the molecule is Cc1ccc2c3c(sc2n1)C(NC(=O)c1ccccc1)=NC3. The zero-order valence-electron chi connectivity index (χ0n) is 12.0. The number of thiophene rings is 1. The number of carbonyl (C=O) groups is 1. The van der Waals surface area contributed by atoms with E-state index in [9.17, 15) is 4.79 Å². The third-order valence-corrected chi connectivity index (χ3v) is 4.82. The number of nitrogens with zero attached hydrogens (tertiary/aromatic N) is 2. The molecule has 3 heterocycles. The molecule has 0 saturated carbocycles. The summed E-state index contributed by atoms with van der Waals surface area (Å²) in [5.74, 6) is 0.526. The number of hydrogen-bond acceptors (Lipinski definition) is 4. The number of pyridine rings is 1. The summed E-state index contributed by atoms with van der Waals surface area (Å²) in [7, 11) is 0. The van der Waals surface area contributed by atoms with E-state index in [2.05, 4.69) is 21.4 Å². The van der Waals surface area contributed by atoms with E-state index in [1.54, 1.807) is 23.5 Å². The van der Waals surface area contributed by atoms with Gasteiger partial charge in [-0.2, -0.15) is 0 Å². The highest BCUT2D eigenvalue weighted by Gasteiger charge is 2.24. The van der Waals surface area contributed by atoms with Crippen molar-refractivity contribution in [3.8, 4) is 0 Å². The number of hydrogen-bond donors (Lipinski definition) is 1. The lowest BCUT2D eigenvalue weighted by Crippen LogP contribution is -2.29. The molecule has 0 radical (unpaired) electrons. The highest BCUT2D eigenvalue weighted by atomic mass is 32.1. The molecular formula is C17H13N3OS. The van der Waals surface area contributed by atoms with Gasteiger partial charge in [0.25, 0.3) is 5.91 Å². The second-order valence-corrected chi connectivity index (χ2v) is 6.20. The molecule has 3 aromatic rings. The van der Waals surface area contributed by atoms with Gasteiger partial charge in [0.2, 0.25) is 0 Å². The zero-order valence-corrected chi connectivity index (χ0v) is 12.8. The summed E-state index contributed by atoms with van der Waals surface area (Å²) in [5.41, 5.74) is 2.80. The van der Waals surface area contributed by atoms with Crippen LogP contribution in [-0.2, 0) is 6.54 Å². The van der Waals surface area contributed by atoms with Crippen molar-refractivity contribution < 1.29 is 4.79 Å². The lowest BCUT2D eigenvalue weighted by atomic mass is 10.1. The van der Waals surface area contributed by atoms with Crippen LogP contribution in [0.25, 0.3) is 10.2 Å². The molecule has 0 bridgehead atoms. The smallest absolute Gasteiger partial charge is 0.256 e. The average Bonchev–Trinajstić information content (AvgIpc) is 3.07. The summed E-state index contributed by atoms with van der Waals surface area (Å²) >= 11 is 1.59. The number of aryl methyl sites for hydroxylation is 1. The monoisotopic (exact) mass is 307 g/mol. The third-order valence-electron chi connectivity index (χ3n) is 3.68. The molecule has 0 aliphatic carbocycles. The zero-order chi connectivity index (χ0) is 15.1. The molecule has 1 aromatic carbocycles. The summed E-state index contributed by atoms with van der Waals surface area (Å²) in [6, 6.07) is 13.3. The fourth-order valence-electron chi connectivity index (χ4n) is 2.56. The molecule has 0 spiro atoms. The number of rotatable bonds is 1. The van der Waals surface area contributed by atoms with E-state index < -0.39 is 0 Å². The maximum absolute atomic E-state index is 12.3. The minimum atomic E-state index is -0.131. The number of amides is 1. The van der Waals surface area contributed by atoms with Gasteiger partial charge in [-0.15, -0.1) is 11.3 Å². The maximum Gasteiger partial charge on any atom is 0.256 e. The quantitative estimate of drug-likeness (QED) is 0.750. The first-order valence-corrected chi connectivity index (χ1v) is 7.84. The highest BCUT2D eigenvalue weighted by Crippen LogP contribution is 2.34. The van der Waals surface area contributed by atoms with E-state index in [-0.39, 0.29) is 5.91 Å². The van der Waals surface area contributed by atoms with Crippen LogP contribution in [0.5, 0.6) is 0 Å². The van der Waals surface area contributed by atoms with Gasteiger partial charge in [0.05, 0.1) is 11.4 Å². The Bertz CT molecular complexity index is 912. The second-order valence-electron chi connectivity index (χ2n) is 5.20. The Hall–Kier alpha value is -2.53. The van der Waals surface area contributed by atoms with Crippen LogP contribution in [0, 0.1) is 6.92 Å². The number of aliphatic imine (C=N–C) groups is 1. The third kappa shape index (κ3) is 2.10. The topological polar surface area (TPSA) is 54.4 Å². The second kappa shape index (κ2) is 5.03. The van der Waals surface area contributed by atoms with Crippen LogP contribution in [0.15, 0.2) is 47.5 Å². The van der Waals surface area contributed by atoms with Gasteiger partial charge >= 0.3 is 0 Å². The molecule has 108 valence electrons. The van der Waals surface area contributed by atoms with E-state index in [1.165, 1.54) is 0 Å². The van der Waals surface area contributed by atoms with Gasteiger partial charge in [-0.25, -0.2) is 4.98 Å². The van der Waals surface area contributed by atoms with Crippen molar-refractivity contribution in [2.24, 2.45) is 4.99 Å². The van der Waals surface area contributed by atoms with Crippen molar-refractivity contribution in [3.63, 3.8) is 0 Å². The number of aromatic nitrogens is 1. The number of carbonyl (C=O) groups excluding carboxylic acids is 1. The van der Waals surface area contributed by atoms with Crippen molar-refractivity contribution in [2.45, 2.75) is 13.5 Å². The minimum absolute atomic E-state index is 0.131. The maximum atomic E-state index is 12.3. The van der Waals surface area contributed by atoms with Crippen molar-refractivity contribution >= 4 is 33.3 Å². The van der Waals surface area contributed by atoms with E-state index in [4.69, 9.17) is 0 Å². The molecule has 1 aliphatic heterocycles. The normalized spacial score (nSPS) is 13.0. The van der Waals surface area contributed by atoms with Gasteiger partial charge in [-0.05, 0) is 31.2 Å². The van der Waals surface area contributed by atoms with E-state index in [0.29, 0.717) is 17.9 Å². The van der Waals surface area contributed by atoms with Gasteiger partial charge in [-0.3, -0.25) is 9.79 Å². The molecule has 0 unspecified atom stereocenters. The van der Waals surface area contributed by atoms with Crippen molar-refractivity contribution in [1.82, 2.24) is 10.3 Å². The summed E-state index contributed by atoms with van der Waals surface area (Å²) < 4.78 is 0. The molecule has 4 nitrogen and oxygen atoms in total. The van der Waals surface area contributed by atoms with Gasteiger partial charge in [0.1, 0.15) is 10.7 Å². The molecule has 1 N–H and O–H groups in total. The van der Waals surface area contributed by atoms with Gasteiger partial charge < -0.3 is 5.32 Å². The van der Waals surface area contributed by atoms with Crippen LogP contribution < -0.4 is 5.32 Å². The van der Waals surface area contributed by atoms with Crippen LogP contribution in [0.3, 0.4) is 0 Å². The summed E-state index contributed by atoms with van der Waals surface area (Å²) in [6.45, 7) is 2.58. The van der Waals surface area contributed by atoms with Crippen molar-refractivity contribution in [1.29, 1.82) is 0 Å². The average molecular weight is 307 g/mol. The lowest BCUT2D eigenvalue weighted by molar-refractivity contribution is 0.0977. The summed E-state index contributed by atoms with van der Waals surface area (Å²) in [5, 5.41) is 4.06. The first kappa shape index (κ1) is 13.2. The van der Waals surface area contributed by atoms with Crippen LogP contribution in [0.2, 0.25) is 0 Å². The molecule has 22 heavy (non-hydrogen) atoms. The predicted molar refractivity (Wildman–Crippen MR) is 88.5 cm³/mol. The van der Waals surface area contributed by atoms with E-state index in [0.717, 1.165) is 26.4 Å². The van der Waals surface area contributed by atoms with Gasteiger partial charge in [0.15, 0.2) is 0 Å². The minimum Gasteiger partial charge on any atom is -0.306 e. The van der Waals surface area contributed by atoms with Crippen molar-refractivity contribution in [2.75, 3.05) is 0 Å². The van der Waals surface area contributed by atoms with E-state index in [1.807, 2.05) is 31.2 Å². The Morgan fingerprint density at radius 3 is 2.82 bits per heavy atom. The fraction of sp³-hybridized carbons (Fsp3) is 0.118.